The van der Waals surface area contributed by atoms with E-state index in [4.69, 9.17) is 0 Å². The van der Waals surface area contributed by atoms with Crippen molar-refractivity contribution in [3.63, 3.8) is 0 Å². The Morgan fingerprint density at radius 1 is 0.944 bits per heavy atom. The number of rotatable bonds is 5. The molecule has 1 aliphatic carbocycles. The molecule has 0 spiro atoms. The van der Waals surface area contributed by atoms with Gasteiger partial charge in [0.1, 0.15) is 5.65 Å². The third-order valence-electron chi connectivity index (χ3n) is 7.64. The molecule has 7 heteroatoms. The first-order valence-corrected chi connectivity index (χ1v) is 13.9. The number of piperazine rings is 1. The number of likely N-dealkylation sites (N-methyl/N-ethyl adjacent to an activating group) is 1. The van der Waals surface area contributed by atoms with E-state index >= 15 is 0 Å². The van der Waals surface area contributed by atoms with Gasteiger partial charge in [-0.2, -0.15) is 0 Å². The number of hydrogen-bond acceptors (Lipinski definition) is 5. The van der Waals surface area contributed by atoms with Crippen molar-refractivity contribution in [2.45, 2.75) is 38.1 Å². The molecular weight excluding hydrogens is 466 g/mol. The zero-order chi connectivity index (χ0) is 24.5. The fourth-order valence-corrected chi connectivity index (χ4v) is 6.20. The molecule has 3 aromatic heterocycles. The number of carbonyl (C=O) groups is 1. The van der Waals surface area contributed by atoms with Gasteiger partial charge in [-0.05, 0) is 61.3 Å². The second kappa shape index (κ2) is 10.1. The van der Waals surface area contributed by atoms with Crippen molar-refractivity contribution < 1.29 is 4.79 Å². The summed E-state index contributed by atoms with van der Waals surface area (Å²) >= 11 is 1.51. The minimum absolute atomic E-state index is 0.0503. The van der Waals surface area contributed by atoms with Crippen LogP contribution in [0.5, 0.6) is 0 Å². The lowest BCUT2D eigenvalue weighted by molar-refractivity contribution is 0.0932. The maximum absolute atomic E-state index is 12.8. The standard InChI is InChI=1S/C29H33N5OS/c1-32-13-15-33(16-14-32)25-9-7-21(8-10-25)22-11-12-34-26(19-30-28(34)18-22)23-17-27(36-20-23)29(35)31-24-5-3-2-4-6-24/h7-12,17-20,24H,2-6,13-16H2,1H3,(H,31,35). The maximum atomic E-state index is 12.8. The minimum atomic E-state index is 0.0503. The van der Waals surface area contributed by atoms with Crippen molar-refractivity contribution in [3.05, 3.63) is 65.1 Å². The first-order valence-electron chi connectivity index (χ1n) is 13.0. The molecule has 2 fully saturated rings. The highest BCUT2D eigenvalue weighted by atomic mass is 32.1. The number of nitrogens with zero attached hydrogens (tertiary/aromatic N) is 4. The van der Waals surface area contributed by atoms with Gasteiger partial charge in [0.25, 0.3) is 5.91 Å². The molecule has 36 heavy (non-hydrogen) atoms. The normalized spacial score (nSPS) is 17.5. The second-order valence-electron chi connectivity index (χ2n) is 10.1. The molecule has 0 bridgehead atoms. The number of pyridine rings is 1. The third kappa shape index (κ3) is 4.77. The third-order valence-corrected chi connectivity index (χ3v) is 8.57. The first-order chi connectivity index (χ1) is 17.6. The van der Waals surface area contributed by atoms with Gasteiger partial charge in [-0.3, -0.25) is 9.20 Å². The summed E-state index contributed by atoms with van der Waals surface area (Å²) < 4.78 is 2.10. The molecule has 0 unspecified atom stereocenters. The van der Waals surface area contributed by atoms with Gasteiger partial charge in [0.05, 0.1) is 16.8 Å². The molecule has 1 saturated carbocycles. The van der Waals surface area contributed by atoms with Gasteiger partial charge in [0.15, 0.2) is 0 Å². The maximum Gasteiger partial charge on any atom is 0.261 e. The van der Waals surface area contributed by atoms with Gasteiger partial charge in [-0.15, -0.1) is 11.3 Å². The monoisotopic (exact) mass is 499 g/mol. The summed E-state index contributed by atoms with van der Waals surface area (Å²) in [5.41, 5.74) is 6.59. The number of aromatic nitrogens is 2. The summed E-state index contributed by atoms with van der Waals surface area (Å²) in [4.78, 5) is 23.1. The van der Waals surface area contributed by atoms with Crippen molar-refractivity contribution in [3.8, 4) is 22.4 Å². The van der Waals surface area contributed by atoms with Gasteiger partial charge in [-0.1, -0.05) is 31.4 Å². The van der Waals surface area contributed by atoms with Gasteiger partial charge >= 0.3 is 0 Å². The van der Waals surface area contributed by atoms with Crippen molar-refractivity contribution in [2.24, 2.45) is 0 Å². The molecule has 4 aromatic rings. The zero-order valence-electron chi connectivity index (χ0n) is 20.8. The summed E-state index contributed by atoms with van der Waals surface area (Å²) in [5.74, 6) is 0.0503. The van der Waals surface area contributed by atoms with Gasteiger partial charge in [0, 0.05) is 55.0 Å². The Morgan fingerprint density at radius 2 is 1.72 bits per heavy atom. The SMILES string of the molecule is CN1CCN(c2ccc(-c3ccn4c(-c5csc(C(=O)NC6CCCCC6)c5)cnc4c3)cc2)CC1. The molecule has 1 N–H and O–H groups in total. The molecule has 6 rings (SSSR count). The van der Waals surface area contributed by atoms with Crippen LogP contribution >= 0.6 is 11.3 Å². The highest BCUT2D eigenvalue weighted by molar-refractivity contribution is 7.12. The van der Waals surface area contributed by atoms with Crippen molar-refractivity contribution in [2.75, 3.05) is 38.1 Å². The topological polar surface area (TPSA) is 52.9 Å². The predicted octanol–water partition coefficient (Wildman–Crippen LogP) is 5.54. The Morgan fingerprint density at radius 3 is 2.50 bits per heavy atom. The Labute approximate surface area is 216 Å². The molecule has 1 amide bonds. The summed E-state index contributed by atoms with van der Waals surface area (Å²) in [5, 5.41) is 5.29. The van der Waals surface area contributed by atoms with Gasteiger partial charge in [-0.25, -0.2) is 4.98 Å². The molecular formula is C29H33N5OS. The van der Waals surface area contributed by atoms with Crippen LogP contribution < -0.4 is 10.2 Å². The first kappa shape index (κ1) is 23.3. The van der Waals surface area contributed by atoms with Crippen LogP contribution in [0.3, 0.4) is 0 Å². The number of amides is 1. The van der Waals surface area contributed by atoms with Crippen LogP contribution in [-0.4, -0.2) is 59.5 Å². The van der Waals surface area contributed by atoms with Crippen LogP contribution in [0.25, 0.3) is 28.0 Å². The molecule has 4 heterocycles. The van der Waals surface area contributed by atoms with E-state index in [2.05, 4.69) is 79.5 Å². The summed E-state index contributed by atoms with van der Waals surface area (Å²) in [6.07, 6.45) is 9.89. The van der Waals surface area contributed by atoms with E-state index in [1.165, 1.54) is 41.9 Å². The number of benzene rings is 1. The molecule has 2 aliphatic rings. The smallest absolute Gasteiger partial charge is 0.261 e. The largest absolute Gasteiger partial charge is 0.369 e. The number of fused-ring (bicyclic) bond motifs is 1. The van der Waals surface area contributed by atoms with E-state index in [-0.39, 0.29) is 5.91 Å². The Balaban J connectivity index is 1.18. The number of imidazole rings is 1. The van der Waals surface area contributed by atoms with Crippen molar-refractivity contribution >= 4 is 28.6 Å². The molecule has 0 atom stereocenters. The molecule has 0 radical (unpaired) electrons. The Hall–Kier alpha value is -3.16. The number of thiophene rings is 1. The van der Waals surface area contributed by atoms with Crippen LogP contribution in [0.4, 0.5) is 5.69 Å². The minimum Gasteiger partial charge on any atom is -0.369 e. The van der Waals surface area contributed by atoms with Crippen LogP contribution in [0.1, 0.15) is 41.8 Å². The van der Waals surface area contributed by atoms with E-state index in [0.29, 0.717) is 6.04 Å². The summed E-state index contributed by atoms with van der Waals surface area (Å²) in [6.45, 7) is 4.37. The fourth-order valence-electron chi connectivity index (χ4n) is 5.40. The predicted molar refractivity (Wildman–Crippen MR) is 148 cm³/mol. The Bertz CT molecular complexity index is 1340. The number of nitrogens with one attached hydrogen (secondary N) is 1. The molecule has 1 aliphatic heterocycles. The van der Waals surface area contributed by atoms with E-state index in [1.807, 2.05) is 12.3 Å². The second-order valence-corrected chi connectivity index (χ2v) is 11.0. The highest BCUT2D eigenvalue weighted by Gasteiger charge is 2.19. The van der Waals surface area contributed by atoms with E-state index in [9.17, 15) is 4.79 Å². The van der Waals surface area contributed by atoms with Gasteiger partial charge in [0.2, 0.25) is 0 Å². The van der Waals surface area contributed by atoms with E-state index in [1.54, 1.807) is 0 Å². The highest BCUT2D eigenvalue weighted by Crippen LogP contribution is 2.30. The number of carbonyl (C=O) groups excluding carboxylic acids is 1. The molecule has 1 saturated heterocycles. The quantitative estimate of drug-likeness (QED) is 0.392. The summed E-state index contributed by atoms with van der Waals surface area (Å²) in [6, 6.07) is 15.5. The number of anilines is 1. The number of hydrogen-bond donors (Lipinski definition) is 1. The lowest BCUT2D eigenvalue weighted by atomic mass is 9.95. The van der Waals surface area contributed by atoms with Crippen LogP contribution in [-0.2, 0) is 0 Å². The van der Waals surface area contributed by atoms with Crippen LogP contribution in [0, 0.1) is 0 Å². The van der Waals surface area contributed by atoms with Gasteiger partial charge < -0.3 is 15.1 Å². The van der Waals surface area contributed by atoms with E-state index in [0.717, 1.165) is 66.4 Å². The lowest BCUT2D eigenvalue weighted by Gasteiger charge is -2.34. The van der Waals surface area contributed by atoms with E-state index < -0.39 is 0 Å². The lowest BCUT2D eigenvalue weighted by Crippen LogP contribution is -2.44. The van der Waals surface area contributed by atoms with Crippen LogP contribution in [0.15, 0.2) is 60.2 Å². The molecule has 6 nitrogen and oxygen atoms in total. The van der Waals surface area contributed by atoms with Crippen molar-refractivity contribution in [1.82, 2.24) is 19.6 Å². The average Bonchev–Trinajstić information content (AvgIpc) is 3.57. The summed E-state index contributed by atoms with van der Waals surface area (Å²) in [7, 11) is 2.18. The molecule has 186 valence electrons. The van der Waals surface area contributed by atoms with Crippen molar-refractivity contribution in [1.29, 1.82) is 0 Å². The Kier molecular flexibility index (Phi) is 6.50. The fraction of sp³-hybridized carbons (Fsp3) is 0.379. The van der Waals surface area contributed by atoms with Crippen LogP contribution in [0.2, 0.25) is 0 Å². The zero-order valence-corrected chi connectivity index (χ0v) is 21.6. The molecule has 1 aromatic carbocycles. The average molecular weight is 500 g/mol.